The van der Waals surface area contributed by atoms with Gasteiger partial charge in [0.15, 0.2) is 5.96 Å². The maximum atomic E-state index is 14.5. The molecule has 0 bridgehead atoms. The van der Waals surface area contributed by atoms with Crippen molar-refractivity contribution in [3.63, 3.8) is 0 Å². The third-order valence-electron chi connectivity index (χ3n) is 12.0. The van der Waals surface area contributed by atoms with Gasteiger partial charge in [0.1, 0.15) is 42.3 Å². The largest absolute Gasteiger partial charge is 0.480 e. The highest BCUT2D eigenvalue weighted by molar-refractivity contribution is 7.80. The van der Waals surface area contributed by atoms with Crippen LogP contribution in [0.5, 0.6) is 0 Å². The molecule has 23 nitrogen and oxygen atoms in total. The highest BCUT2D eigenvalue weighted by Crippen LogP contribution is 2.20. The number of rotatable bonds is 33. The van der Waals surface area contributed by atoms with Gasteiger partial charge in [0.25, 0.3) is 0 Å². The molecule has 0 fully saturated rings. The molecule has 0 saturated heterocycles. The molecular formula is C52H79N13O10S2. The Hall–Kier alpha value is -6.86. The van der Waals surface area contributed by atoms with Crippen molar-refractivity contribution in [2.24, 2.45) is 39.9 Å². The minimum absolute atomic E-state index is 0.0249. The molecule has 0 saturated carbocycles. The molecule has 0 aliphatic rings. The predicted octanol–water partition coefficient (Wildman–Crippen LogP) is -0.0737. The van der Waals surface area contributed by atoms with Crippen molar-refractivity contribution in [3.05, 3.63) is 71.9 Å². The van der Waals surface area contributed by atoms with Gasteiger partial charge in [0.05, 0.1) is 12.6 Å². The molecule has 1 heterocycles. The lowest BCUT2D eigenvalue weighted by molar-refractivity contribution is -0.141. The van der Waals surface area contributed by atoms with Gasteiger partial charge in [-0.1, -0.05) is 90.1 Å². The zero-order valence-electron chi connectivity index (χ0n) is 44.6. The van der Waals surface area contributed by atoms with Crippen molar-refractivity contribution in [1.29, 1.82) is 0 Å². The number of aromatic nitrogens is 1. The fraction of sp³-hybridized carbons (Fsp3) is 0.538. The second-order valence-electron chi connectivity index (χ2n) is 20.1. The number of hydrogen-bond acceptors (Lipinski definition) is 13. The number of carboxylic acid groups (broad SMARTS) is 1. The van der Waals surface area contributed by atoms with E-state index in [-0.39, 0.29) is 86.7 Å². The summed E-state index contributed by atoms with van der Waals surface area (Å²) >= 11 is 8.13. The second kappa shape index (κ2) is 32.7. The average molecular weight is 1110 g/mol. The zero-order chi connectivity index (χ0) is 57.4. The Morgan fingerprint density at radius 1 is 0.571 bits per heavy atom. The van der Waals surface area contributed by atoms with Crippen molar-refractivity contribution >= 4 is 95.3 Å². The van der Waals surface area contributed by atoms with E-state index in [4.69, 9.17) is 17.2 Å². The summed E-state index contributed by atoms with van der Waals surface area (Å²) in [5.74, 6) is -7.99. The van der Waals surface area contributed by atoms with Crippen LogP contribution in [0.2, 0.25) is 0 Å². The summed E-state index contributed by atoms with van der Waals surface area (Å²) < 4.78 is 0. The molecule has 0 aliphatic carbocycles. The van der Waals surface area contributed by atoms with Gasteiger partial charge in [-0.25, -0.2) is 4.79 Å². The van der Waals surface area contributed by atoms with Gasteiger partial charge in [-0.3, -0.25) is 43.3 Å². The number of para-hydroxylation sites is 1. The number of amides is 8. The summed E-state index contributed by atoms with van der Waals surface area (Å²) in [5, 5.41) is 31.6. The summed E-state index contributed by atoms with van der Waals surface area (Å²) in [5.41, 5.74) is 19.1. The minimum Gasteiger partial charge on any atom is -0.480 e. The number of nitrogens with two attached hydrogens (primary N) is 3. The van der Waals surface area contributed by atoms with Crippen LogP contribution in [0, 0.1) is 17.8 Å². The summed E-state index contributed by atoms with van der Waals surface area (Å²) in [6.07, 6.45) is 2.17. The van der Waals surface area contributed by atoms with Gasteiger partial charge in [-0.15, -0.1) is 0 Å². The Balaban J connectivity index is 1.88. The maximum absolute atomic E-state index is 14.5. The molecule has 424 valence electrons. The first-order chi connectivity index (χ1) is 36.4. The molecule has 8 atom stereocenters. The Morgan fingerprint density at radius 2 is 1.04 bits per heavy atom. The highest BCUT2D eigenvalue weighted by atomic mass is 32.1. The second-order valence-corrected chi connectivity index (χ2v) is 20.8. The van der Waals surface area contributed by atoms with Gasteiger partial charge in [-0.05, 0) is 67.1 Å². The smallest absolute Gasteiger partial charge is 0.327 e. The van der Waals surface area contributed by atoms with E-state index in [1.165, 1.54) is 0 Å². The van der Waals surface area contributed by atoms with Gasteiger partial charge >= 0.3 is 5.97 Å². The van der Waals surface area contributed by atoms with E-state index in [1.807, 2.05) is 59.7 Å². The van der Waals surface area contributed by atoms with E-state index < -0.39 is 108 Å². The predicted molar refractivity (Wildman–Crippen MR) is 300 cm³/mol. The van der Waals surface area contributed by atoms with Crippen LogP contribution in [0.15, 0.2) is 65.8 Å². The Labute approximate surface area is 460 Å². The van der Waals surface area contributed by atoms with Gasteiger partial charge in [0.2, 0.25) is 47.3 Å². The molecule has 1 aromatic heterocycles. The zero-order valence-corrected chi connectivity index (χ0v) is 46.4. The lowest BCUT2D eigenvalue weighted by Gasteiger charge is -2.28. The Morgan fingerprint density at radius 3 is 1.58 bits per heavy atom. The molecule has 3 aromatic rings. The number of H-pyrrole nitrogens is 1. The molecular weight excluding hydrogens is 1030 g/mol. The Kier molecular flexibility index (Phi) is 27.3. The van der Waals surface area contributed by atoms with Crippen LogP contribution in [-0.4, -0.2) is 142 Å². The molecule has 3 rings (SSSR count). The van der Waals surface area contributed by atoms with E-state index >= 15 is 0 Å². The van der Waals surface area contributed by atoms with Gasteiger partial charge in [-0.2, -0.15) is 25.3 Å². The standard InChI is InChI=1S/C52H79N13O10S2/c1-28(2)19-37(62-49(72)40(61-44(67)34(53)26-76)22-31-13-8-7-9-14-31)45(68)58-25-43(66)59-38(20-29(3)4)47(70)60-36(17-12-18-56-52(54)55)46(69)64-41(23-32-24-57-35-16-11-10-15-33(32)35)50(73)63-39(21-30(5)6)48(71)65-42(27-77)51(74)75/h7-11,13-16,24,28-30,34,36-42,57,76-77H,12,17-23,25-27,53H2,1-6H3,(H,58,68)(H,59,66)(H,60,70)(H,61,67)(H,62,72)(H,63,73)(H,64,69)(H,65,71)(H,74,75)(H4,54,55,56)/t34-,36-,37-,38-,39-,40-,41-,42-/m0/s1. The van der Waals surface area contributed by atoms with Crippen LogP contribution < -0.4 is 59.7 Å². The monoisotopic (exact) mass is 1110 g/mol. The normalized spacial score (nSPS) is 14.4. The van der Waals surface area contributed by atoms with Crippen molar-refractivity contribution in [2.45, 2.75) is 135 Å². The van der Waals surface area contributed by atoms with Crippen LogP contribution in [0.1, 0.15) is 84.8 Å². The van der Waals surface area contributed by atoms with Crippen LogP contribution in [0.3, 0.4) is 0 Å². The van der Waals surface area contributed by atoms with Gasteiger partial charge in [0, 0.05) is 48.0 Å². The van der Waals surface area contributed by atoms with E-state index in [0.29, 0.717) is 5.56 Å². The average Bonchev–Trinajstić information content (AvgIpc) is 3.78. The minimum atomic E-state index is -1.36. The number of aromatic amines is 1. The fourth-order valence-electron chi connectivity index (χ4n) is 8.11. The quantitative estimate of drug-likeness (QED) is 0.0165. The molecule has 25 heteroatoms. The third-order valence-corrected chi connectivity index (χ3v) is 12.8. The lowest BCUT2D eigenvalue weighted by atomic mass is 9.99. The number of carbonyl (C=O) groups is 9. The molecule has 0 unspecified atom stereocenters. The van der Waals surface area contributed by atoms with E-state index in [0.717, 1.165) is 16.5 Å². The SMILES string of the molecule is CC(C)C[C@H](NC(=O)CNC(=O)[C@H](CC(C)C)NC(=O)[C@H](Cc1ccccc1)NC(=O)[C@@H](N)CS)C(=O)N[C@@H](CCCN=C(N)N)C(=O)N[C@@H](Cc1c[nH]c2ccccc12)C(=O)N[C@@H](CC(C)C)C(=O)N[C@@H](CS)C(=O)O. The van der Waals surface area contributed by atoms with E-state index in [9.17, 15) is 48.3 Å². The number of aliphatic carboxylic acids is 1. The van der Waals surface area contributed by atoms with Crippen LogP contribution in [0.4, 0.5) is 0 Å². The number of aliphatic imine (C=N–C) groups is 1. The summed E-state index contributed by atoms with van der Waals surface area (Å²) in [7, 11) is 0. The number of thiol groups is 2. The molecule has 0 spiro atoms. The fourth-order valence-corrected chi connectivity index (χ4v) is 8.53. The number of carboxylic acids is 1. The molecule has 77 heavy (non-hydrogen) atoms. The topological polar surface area (TPSA) is 376 Å². The number of nitrogens with zero attached hydrogens (tertiary/aromatic N) is 1. The van der Waals surface area contributed by atoms with Crippen LogP contribution in [0.25, 0.3) is 10.9 Å². The maximum Gasteiger partial charge on any atom is 0.327 e. The van der Waals surface area contributed by atoms with E-state index in [2.05, 4.69) is 77.8 Å². The summed E-state index contributed by atoms with van der Waals surface area (Å²) in [6, 6.07) is 6.47. The first-order valence-electron chi connectivity index (χ1n) is 25.7. The molecule has 0 aliphatic heterocycles. The number of hydrogen-bond donors (Lipinski definition) is 15. The Bertz CT molecular complexity index is 2490. The molecule has 8 amide bonds. The summed E-state index contributed by atoms with van der Waals surface area (Å²) in [6.45, 7) is 10.4. The van der Waals surface area contributed by atoms with E-state index in [1.54, 1.807) is 42.6 Å². The number of carbonyl (C=O) groups excluding carboxylic acids is 8. The van der Waals surface area contributed by atoms with Gasteiger partial charge < -0.3 is 69.8 Å². The number of benzene rings is 2. The van der Waals surface area contributed by atoms with Crippen molar-refractivity contribution in [3.8, 4) is 0 Å². The van der Waals surface area contributed by atoms with Crippen molar-refractivity contribution in [1.82, 2.24) is 47.5 Å². The van der Waals surface area contributed by atoms with Crippen LogP contribution in [-0.2, 0) is 56.0 Å². The summed E-state index contributed by atoms with van der Waals surface area (Å²) in [4.78, 5) is 130. The molecule has 0 radical (unpaired) electrons. The van der Waals surface area contributed by atoms with Crippen LogP contribution >= 0.6 is 25.3 Å². The highest BCUT2D eigenvalue weighted by Gasteiger charge is 2.34. The first-order valence-corrected chi connectivity index (χ1v) is 26.9. The van der Waals surface area contributed by atoms with Crippen molar-refractivity contribution < 1.29 is 48.3 Å². The number of fused-ring (bicyclic) bond motifs is 1. The first kappa shape index (κ1) is 64.4. The third kappa shape index (κ3) is 22.7. The molecule has 2 aromatic carbocycles. The van der Waals surface area contributed by atoms with Crippen molar-refractivity contribution in [2.75, 3.05) is 24.6 Å². The number of guanidine groups is 1. The number of nitrogens with one attached hydrogen (secondary N) is 9. The molecule has 16 N–H and O–H groups in total. The lowest BCUT2D eigenvalue weighted by Crippen LogP contribution is -2.60.